The minimum absolute atomic E-state index is 0.273. The van der Waals surface area contributed by atoms with E-state index in [-0.39, 0.29) is 12.2 Å². The minimum Gasteiger partial charge on any atom is -0.491 e. The molecule has 0 aromatic heterocycles. The summed E-state index contributed by atoms with van der Waals surface area (Å²) in [5, 5.41) is 0. The number of hydrogen-bond donors (Lipinski definition) is 0. The van der Waals surface area contributed by atoms with Crippen molar-refractivity contribution in [1.82, 2.24) is 0 Å². The number of rotatable bonds is 10. The molecule has 2 aromatic carbocycles. The van der Waals surface area contributed by atoms with E-state index < -0.39 is 0 Å². The lowest BCUT2D eigenvalue weighted by molar-refractivity contribution is 0.262. The van der Waals surface area contributed by atoms with Crippen molar-refractivity contribution >= 4 is 0 Å². The lowest BCUT2D eigenvalue weighted by Gasteiger charge is -2.19. The van der Waals surface area contributed by atoms with Crippen LogP contribution in [-0.2, 0) is 9.47 Å². The van der Waals surface area contributed by atoms with E-state index in [0.29, 0.717) is 19.1 Å². The van der Waals surface area contributed by atoms with Crippen molar-refractivity contribution in [3.05, 3.63) is 59.7 Å². The molecule has 2 atom stereocenters. The molecule has 0 amide bonds. The summed E-state index contributed by atoms with van der Waals surface area (Å²) in [5.41, 5.74) is 2.56. The third-order valence-electron chi connectivity index (χ3n) is 4.77. The summed E-state index contributed by atoms with van der Waals surface area (Å²) in [7, 11) is 0. The van der Waals surface area contributed by atoms with E-state index in [0.717, 1.165) is 37.6 Å². The van der Waals surface area contributed by atoms with E-state index in [9.17, 15) is 0 Å². The monoisotopic (exact) mass is 354 g/mol. The second kappa shape index (κ2) is 8.11. The first-order valence-corrected chi connectivity index (χ1v) is 9.50. The maximum atomic E-state index is 5.87. The first-order valence-electron chi connectivity index (χ1n) is 9.50. The van der Waals surface area contributed by atoms with Gasteiger partial charge in [-0.1, -0.05) is 37.6 Å². The van der Waals surface area contributed by atoms with Gasteiger partial charge in [-0.15, -0.1) is 0 Å². The van der Waals surface area contributed by atoms with Gasteiger partial charge < -0.3 is 18.9 Å². The Bertz CT molecular complexity index is 662. The zero-order chi connectivity index (χ0) is 17.8. The van der Waals surface area contributed by atoms with Gasteiger partial charge in [-0.05, 0) is 41.8 Å². The van der Waals surface area contributed by atoms with E-state index in [1.54, 1.807) is 0 Å². The molecule has 2 fully saturated rings. The van der Waals surface area contributed by atoms with Crippen LogP contribution < -0.4 is 9.47 Å². The highest BCUT2D eigenvalue weighted by atomic mass is 16.6. The molecule has 0 spiro atoms. The summed E-state index contributed by atoms with van der Waals surface area (Å²) in [6, 6.07) is 16.9. The smallest absolute Gasteiger partial charge is 0.119 e. The van der Waals surface area contributed by atoms with Gasteiger partial charge in [0.25, 0.3) is 0 Å². The standard InChI is InChI=1S/C22H26O4/c1-2-5-22(16-6-3-8-18(10-16)23-12-20-14-25-20)17-7-4-9-19(11-17)24-13-21-15-26-21/h3-4,6-11,20-22H,2,5,12-15H2,1H3. The van der Waals surface area contributed by atoms with Crippen LogP contribution in [0, 0.1) is 0 Å². The van der Waals surface area contributed by atoms with Crippen LogP contribution in [0.15, 0.2) is 48.5 Å². The summed E-state index contributed by atoms with van der Waals surface area (Å²) < 4.78 is 22.2. The van der Waals surface area contributed by atoms with Crippen LogP contribution in [0.1, 0.15) is 36.8 Å². The molecule has 26 heavy (non-hydrogen) atoms. The summed E-state index contributed by atoms with van der Waals surface area (Å²) in [6.45, 7) is 5.12. The first kappa shape index (κ1) is 17.4. The molecule has 2 saturated heterocycles. The summed E-state index contributed by atoms with van der Waals surface area (Å²) in [5.74, 6) is 2.16. The summed E-state index contributed by atoms with van der Waals surface area (Å²) >= 11 is 0. The third-order valence-corrected chi connectivity index (χ3v) is 4.77. The SMILES string of the molecule is CCCC(c1cccc(OCC2CO2)c1)c1cccc(OCC2CO2)c1. The van der Waals surface area contributed by atoms with Crippen LogP contribution in [0.25, 0.3) is 0 Å². The third kappa shape index (κ3) is 4.77. The average molecular weight is 354 g/mol. The Labute approximate surface area is 155 Å². The fourth-order valence-electron chi connectivity index (χ4n) is 3.16. The molecule has 0 aliphatic carbocycles. The predicted molar refractivity (Wildman–Crippen MR) is 100 cm³/mol. The molecule has 0 bridgehead atoms. The van der Waals surface area contributed by atoms with Crippen LogP contribution in [-0.4, -0.2) is 38.6 Å². The molecule has 138 valence electrons. The second-order valence-electron chi connectivity index (χ2n) is 7.02. The quantitative estimate of drug-likeness (QED) is 0.601. The highest BCUT2D eigenvalue weighted by Crippen LogP contribution is 2.33. The van der Waals surface area contributed by atoms with Gasteiger partial charge in [0, 0.05) is 5.92 Å². The number of epoxide rings is 2. The van der Waals surface area contributed by atoms with Gasteiger partial charge in [-0.25, -0.2) is 0 Å². The summed E-state index contributed by atoms with van der Waals surface area (Å²) in [6.07, 6.45) is 2.75. The van der Waals surface area contributed by atoms with Crippen molar-refractivity contribution in [3.63, 3.8) is 0 Å². The van der Waals surface area contributed by atoms with E-state index >= 15 is 0 Å². The van der Waals surface area contributed by atoms with Gasteiger partial charge in [0.15, 0.2) is 0 Å². The van der Waals surface area contributed by atoms with Gasteiger partial charge in [-0.3, -0.25) is 0 Å². The largest absolute Gasteiger partial charge is 0.491 e. The van der Waals surface area contributed by atoms with Crippen molar-refractivity contribution in [2.45, 2.75) is 37.9 Å². The topological polar surface area (TPSA) is 43.5 Å². The van der Waals surface area contributed by atoms with Crippen LogP contribution in [0.2, 0.25) is 0 Å². The van der Waals surface area contributed by atoms with Gasteiger partial charge in [0.2, 0.25) is 0 Å². The molecular formula is C22H26O4. The highest BCUT2D eigenvalue weighted by molar-refractivity contribution is 5.40. The normalized spacial score (nSPS) is 21.9. The Hall–Kier alpha value is -2.04. The Morgan fingerprint density at radius 2 is 1.38 bits per heavy atom. The van der Waals surface area contributed by atoms with Crippen LogP contribution >= 0.6 is 0 Å². The van der Waals surface area contributed by atoms with Gasteiger partial charge in [0.05, 0.1) is 13.2 Å². The van der Waals surface area contributed by atoms with E-state index in [1.165, 1.54) is 11.1 Å². The molecule has 2 aromatic rings. The fourth-order valence-corrected chi connectivity index (χ4v) is 3.16. The van der Waals surface area contributed by atoms with Crippen molar-refractivity contribution < 1.29 is 18.9 Å². The van der Waals surface area contributed by atoms with E-state index in [2.05, 4.69) is 43.3 Å². The fraction of sp³-hybridized carbons (Fsp3) is 0.455. The molecule has 4 nitrogen and oxygen atoms in total. The Balaban J connectivity index is 1.50. The van der Waals surface area contributed by atoms with Crippen LogP contribution in [0.3, 0.4) is 0 Å². The minimum atomic E-state index is 0.273. The molecule has 2 aliphatic heterocycles. The maximum Gasteiger partial charge on any atom is 0.119 e. The molecule has 0 N–H and O–H groups in total. The molecule has 0 saturated carbocycles. The van der Waals surface area contributed by atoms with E-state index in [4.69, 9.17) is 18.9 Å². The van der Waals surface area contributed by atoms with Gasteiger partial charge in [-0.2, -0.15) is 0 Å². The van der Waals surface area contributed by atoms with E-state index in [1.807, 2.05) is 12.1 Å². The number of ether oxygens (including phenoxy) is 4. The van der Waals surface area contributed by atoms with Crippen molar-refractivity contribution in [2.75, 3.05) is 26.4 Å². The maximum absolute atomic E-state index is 5.87. The molecule has 4 heteroatoms. The summed E-state index contributed by atoms with van der Waals surface area (Å²) in [4.78, 5) is 0. The number of hydrogen-bond acceptors (Lipinski definition) is 4. The van der Waals surface area contributed by atoms with Gasteiger partial charge >= 0.3 is 0 Å². The van der Waals surface area contributed by atoms with Gasteiger partial charge in [0.1, 0.15) is 36.9 Å². The lowest BCUT2D eigenvalue weighted by Crippen LogP contribution is -2.07. The first-order chi connectivity index (χ1) is 12.8. The Kier molecular flexibility index (Phi) is 5.42. The van der Waals surface area contributed by atoms with Crippen molar-refractivity contribution in [3.8, 4) is 11.5 Å². The highest BCUT2D eigenvalue weighted by Gasteiger charge is 2.24. The molecular weight excluding hydrogens is 328 g/mol. The zero-order valence-corrected chi connectivity index (χ0v) is 15.2. The average Bonchev–Trinajstić information content (AvgIpc) is 3.57. The Morgan fingerprint density at radius 1 is 0.885 bits per heavy atom. The predicted octanol–water partition coefficient (Wildman–Crippen LogP) is 4.17. The molecule has 2 heterocycles. The molecule has 2 aliphatic rings. The van der Waals surface area contributed by atoms with Crippen LogP contribution in [0.4, 0.5) is 0 Å². The Morgan fingerprint density at radius 3 is 1.81 bits per heavy atom. The zero-order valence-electron chi connectivity index (χ0n) is 15.2. The van der Waals surface area contributed by atoms with Crippen molar-refractivity contribution in [2.24, 2.45) is 0 Å². The lowest BCUT2D eigenvalue weighted by atomic mass is 9.87. The number of benzene rings is 2. The van der Waals surface area contributed by atoms with Crippen molar-refractivity contribution in [1.29, 1.82) is 0 Å². The van der Waals surface area contributed by atoms with Crippen LogP contribution in [0.5, 0.6) is 11.5 Å². The molecule has 2 unspecified atom stereocenters. The second-order valence-corrected chi connectivity index (χ2v) is 7.02. The molecule has 4 rings (SSSR count). The molecule has 0 radical (unpaired) electrons.